The van der Waals surface area contributed by atoms with E-state index in [2.05, 4.69) is 20.4 Å². The number of sulfone groups is 1. The number of halogens is 1. The number of nitrogens with two attached hydrogens (primary N) is 1. The number of nitrogens with one attached hydrogen (secondary N) is 1. The van der Waals surface area contributed by atoms with Crippen molar-refractivity contribution in [2.24, 2.45) is 5.92 Å². The number of nitrogen functional groups attached to an aromatic ring is 1. The lowest BCUT2D eigenvalue weighted by atomic mass is 9.92. The molecule has 0 aromatic carbocycles. The highest BCUT2D eigenvalue weighted by atomic mass is 32.2. The van der Waals surface area contributed by atoms with Crippen molar-refractivity contribution in [2.75, 3.05) is 24.3 Å². The lowest BCUT2D eigenvalue weighted by Crippen LogP contribution is -2.30. The number of nitrogens with zero attached hydrogens (tertiary/aromatic N) is 4. The Labute approximate surface area is 193 Å². The molecule has 1 aliphatic heterocycles. The van der Waals surface area contributed by atoms with Crippen LogP contribution in [-0.2, 0) is 19.4 Å². The van der Waals surface area contributed by atoms with Gasteiger partial charge in [-0.05, 0) is 44.1 Å². The minimum absolute atomic E-state index is 0.0377. The van der Waals surface area contributed by atoms with Crippen LogP contribution in [0.5, 0.6) is 0 Å². The van der Waals surface area contributed by atoms with E-state index in [0.717, 1.165) is 30.4 Å². The molecule has 1 saturated carbocycles. The first-order valence-electron chi connectivity index (χ1n) is 10.7. The Morgan fingerprint density at radius 3 is 2.73 bits per heavy atom. The molecule has 13 heteroatoms. The summed E-state index contributed by atoms with van der Waals surface area (Å²) < 4.78 is 46.2. The predicted octanol–water partition coefficient (Wildman–Crippen LogP) is 2.54. The highest BCUT2D eigenvalue weighted by Gasteiger charge is 2.39. The fraction of sp³-hybridized carbons (Fsp3) is 0.500. The zero-order valence-electron chi connectivity index (χ0n) is 17.6. The largest absolute Gasteiger partial charge is 0.384 e. The third-order valence-corrected chi connectivity index (χ3v) is 9.02. The molecule has 1 saturated heterocycles. The summed E-state index contributed by atoms with van der Waals surface area (Å²) in [6, 6.07) is 0.539. The molecule has 3 N–H and O–H groups in total. The van der Waals surface area contributed by atoms with Gasteiger partial charge in [-0.2, -0.15) is 9.49 Å². The van der Waals surface area contributed by atoms with E-state index >= 15 is 0 Å². The summed E-state index contributed by atoms with van der Waals surface area (Å²) in [5.41, 5.74) is 6.20. The SMILES string of the molecule is Nc1cc(S(=O)(=O)C2CC2)c2cnn([C@H](CC3CCOCC3)C(=O)Nc3ncc(F)s3)c2n1. The van der Waals surface area contributed by atoms with E-state index in [-0.39, 0.29) is 27.4 Å². The molecule has 2 aliphatic rings. The maximum absolute atomic E-state index is 13.4. The smallest absolute Gasteiger partial charge is 0.251 e. The van der Waals surface area contributed by atoms with Crippen molar-refractivity contribution in [3.8, 4) is 0 Å². The van der Waals surface area contributed by atoms with E-state index in [1.807, 2.05) is 0 Å². The van der Waals surface area contributed by atoms with E-state index in [1.54, 1.807) is 0 Å². The number of thiazole rings is 1. The van der Waals surface area contributed by atoms with Crippen molar-refractivity contribution in [1.82, 2.24) is 19.7 Å². The Bertz CT molecular complexity index is 1300. The Morgan fingerprint density at radius 2 is 2.06 bits per heavy atom. The summed E-state index contributed by atoms with van der Waals surface area (Å²) in [6.07, 6.45) is 5.68. The molecule has 2 fully saturated rings. The van der Waals surface area contributed by atoms with E-state index < -0.39 is 32.2 Å². The number of ether oxygens (including phenoxy) is 1. The number of hydrogen-bond donors (Lipinski definition) is 2. The Hall–Kier alpha value is -2.64. The van der Waals surface area contributed by atoms with E-state index in [9.17, 15) is 17.6 Å². The highest BCUT2D eigenvalue weighted by Crippen LogP contribution is 2.38. The third-order valence-electron chi connectivity index (χ3n) is 6.02. The van der Waals surface area contributed by atoms with E-state index in [4.69, 9.17) is 10.5 Å². The molecule has 33 heavy (non-hydrogen) atoms. The standard InChI is InChI=1S/C20H23FN6O4S2/c21-16-10-23-20(32-16)26-19(28)14(7-11-3-5-31-6-4-11)27-18-13(9-24-27)15(8-17(22)25-18)33(29,30)12-1-2-12/h8-12,14H,1-7H2,(H2,22,25)(H,23,26,28)/t14-/m1/s1. The van der Waals surface area contributed by atoms with Gasteiger partial charge in [-0.1, -0.05) is 11.3 Å². The number of fused-ring (bicyclic) bond motifs is 1. The van der Waals surface area contributed by atoms with Crippen LogP contribution in [0, 0.1) is 11.0 Å². The molecule has 5 rings (SSSR count). The highest BCUT2D eigenvalue weighted by molar-refractivity contribution is 7.92. The first-order chi connectivity index (χ1) is 15.8. The van der Waals surface area contributed by atoms with Crippen molar-refractivity contribution in [2.45, 2.75) is 48.3 Å². The number of pyridine rings is 1. The summed E-state index contributed by atoms with van der Waals surface area (Å²) in [5, 5.41) is 6.56. The maximum atomic E-state index is 13.4. The molecular weight excluding hydrogens is 471 g/mol. The van der Waals surface area contributed by atoms with Gasteiger partial charge in [-0.3, -0.25) is 4.79 Å². The molecule has 0 unspecified atom stereocenters. The van der Waals surface area contributed by atoms with E-state index in [1.165, 1.54) is 16.9 Å². The monoisotopic (exact) mass is 494 g/mol. The van der Waals surface area contributed by atoms with Gasteiger partial charge in [-0.15, -0.1) is 0 Å². The molecule has 1 amide bonds. The zero-order chi connectivity index (χ0) is 23.2. The molecule has 4 heterocycles. The van der Waals surface area contributed by atoms with Crippen molar-refractivity contribution in [3.05, 3.63) is 23.6 Å². The number of anilines is 2. The molecule has 3 aromatic heterocycles. The van der Waals surface area contributed by atoms with E-state index in [0.29, 0.717) is 37.9 Å². The first-order valence-corrected chi connectivity index (χ1v) is 13.1. The molecule has 10 nitrogen and oxygen atoms in total. The summed E-state index contributed by atoms with van der Waals surface area (Å²) in [5.74, 6) is -0.204. The molecule has 0 bridgehead atoms. The fourth-order valence-corrected chi connectivity index (χ4v) is 6.54. The molecular formula is C20H23FN6O4S2. The molecule has 0 spiro atoms. The van der Waals surface area contributed by atoms with Crippen LogP contribution in [0.1, 0.15) is 38.1 Å². The second kappa shape index (κ2) is 8.61. The van der Waals surface area contributed by atoms with Gasteiger partial charge in [-0.25, -0.2) is 23.1 Å². The maximum Gasteiger partial charge on any atom is 0.251 e. The van der Waals surface area contributed by atoms with Gasteiger partial charge in [0, 0.05) is 13.2 Å². The molecule has 0 radical (unpaired) electrons. The lowest BCUT2D eigenvalue weighted by molar-refractivity contribution is -0.120. The molecule has 176 valence electrons. The number of aromatic nitrogens is 4. The first kappa shape index (κ1) is 22.2. The minimum atomic E-state index is -3.56. The average Bonchev–Trinajstić information content (AvgIpc) is 3.47. The quantitative estimate of drug-likeness (QED) is 0.510. The third kappa shape index (κ3) is 4.44. The number of carbonyl (C=O) groups is 1. The Kier molecular flexibility index (Phi) is 5.79. The lowest BCUT2D eigenvalue weighted by Gasteiger charge is -2.26. The summed E-state index contributed by atoms with van der Waals surface area (Å²) >= 11 is 0.724. The number of rotatable bonds is 7. The summed E-state index contributed by atoms with van der Waals surface area (Å²) in [7, 11) is -3.56. The summed E-state index contributed by atoms with van der Waals surface area (Å²) in [6.45, 7) is 1.21. The second-order valence-electron chi connectivity index (χ2n) is 8.38. The molecule has 1 atom stereocenters. The van der Waals surface area contributed by atoms with Gasteiger partial charge in [0.25, 0.3) is 5.91 Å². The fourth-order valence-electron chi connectivity index (χ4n) is 4.15. The molecule has 1 aliphatic carbocycles. The van der Waals surface area contributed by atoms with Gasteiger partial charge >= 0.3 is 0 Å². The average molecular weight is 495 g/mol. The topological polar surface area (TPSA) is 142 Å². The number of carbonyl (C=O) groups excluding carboxylic acids is 1. The van der Waals surface area contributed by atoms with Crippen molar-refractivity contribution < 1.29 is 22.3 Å². The van der Waals surface area contributed by atoms with Crippen molar-refractivity contribution in [1.29, 1.82) is 0 Å². The number of hydrogen-bond acceptors (Lipinski definition) is 9. The van der Waals surface area contributed by atoms with Crippen LogP contribution in [0.4, 0.5) is 15.3 Å². The van der Waals surface area contributed by atoms with Crippen LogP contribution in [0.2, 0.25) is 0 Å². The van der Waals surface area contributed by atoms with Crippen LogP contribution in [0.3, 0.4) is 0 Å². The number of amides is 1. The predicted molar refractivity (Wildman–Crippen MR) is 120 cm³/mol. The Morgan fingerprint density at radius 1 is 1.30 bits per heavy atom. The van der Waals surface area contributed by atoms with Crippen LogP contribution in [0.25, 0.3) is 11.0 Å². The van der Waals surface area contributed by atoms with Crippen molar-refractivity contribution >= 4 is 49.1 Å². The van der Waals surface area contributed by atoms with Gasteiger partial charge in [0.2, 0.25) is 0 Å². The summed E-state index contributed by atoms with van der Waals surface area (Å²) in [4.78, 5) is 21.6. The minimum Gasteiger partial charge on any atom is -0.384 e. The zero-order valence-corrected chi connectivity index (χ0v) is 19.2. The van der Waals surface area contributed by atoms with Crippen LogP contribution in [0.15, 0.2) is 23.4 Å². The van der Waals surface area contributed by atoms with Gasteiger partial charge in [0.1, 0.15) is 11.9 Å². The van der Waals surface area contributed by atoms with Crippen LogP contribution >= 0.6 is 11.3 Å². The Balaban J connectivity index is 1.55. The normalized spacial score (nSPS) is 18.5. The van der Waals surface area contributed by atoms with Gasteiger partial charge < -0.3 is 15.8 Å². The van der Waals surface area contributed by atoms with Crippen LogP contribution in [-0.4, -0.2) is 52.5 Å². The second-order valence-corrected chi connectivity index (χ2v) is 11.6. The van der Waals surface area contributed by atoms with Gasteiger partial charge in [0.15, 0.2) is 25.7 Å². The van der Waals surface area contributed by atoms with Gasteiger partial charge in [0.05, 0.1) is 27.9 Å². The van der Waals surface area contributed by atoms with Crippen molar-refractivity contribution in [3.63, 3.8) is 0 Å². The molecule has 3 aromatic rings. The van der Waals surface area contributed by atoms with Crippen LogP contribution < -0.4 is 11.1 Å².